The number of benzene rings is 1. The molecule has 20 heavy (non-hydrogen) atoms. The highest BCUT2D eigenvalue weighted by molar-refractivity contribution is 5.85. The summed E-state index contributed by atoms with van der Waals surface area (Å²) in [5.74, 6) is 1.16. The first-order valence-electron chi connectivity index (χ1n) is 7.65. The van der Waals surface area contributed by atoms with Crippen molar-refractivity contribution in [1.82, 2.24) is 4.90 Å². The van der Waals surface area contributed by atoms with Gasteiger partial charge in [0.15, 0.2) is 0 Å². The molecule has 0 radical (unpaired) electrons. The Labute approximate surface area is 128 Å². The number of likely N-dealkylation sites (tertiary alicyclic amines) is 1. The number of piperidine rings is 1. The number of nitrogens with zero attached hydrogens (tertiary/aromatic N) is 1. The maximum atomic E-state index is 9.90. The van der Waals surface area contributed by atoms with Crippen LogP contribution in [0.3, 0.4) is 0 Å². The van der Waals surface area contributed by atoms with E-state index in [4.69, 9.17) is 0 Å². The zero-order chi connectivity index (χ0) is 13.6. The van der Waals surface area contributed by atoms with Gasteiger partial charge in [-0.2, -0.15) is 0 Å². The predicted octanol–water partition coefficient (Wildman–Crippen LogP) is 3.75. The van der Waals surface area contributed by atoms with Crippen molar-refractivity contribution in [3.8, 4) is 5.75 Å². The second kappa shape index (κ2) is 5.57. The molecule has 2 nitrogen and oxygen atoms in total. The molecule has 3 heteroatoms. The molecule has 0 amide bonds. The van der Waals surface area contributed by atoms with E-state index in [1.54, 1.807) is 0 Å². The number of hydrogen-bond acceptors (Lipinski definition) is 2. The van der Waals surface area contributed by atoms with Gasteiger partial charge in [0.25, 0.3) is 0 Å². The van der Waals surface area contributed by atoms with Gasteiger partial charge >= 0.3 is 0 Å². The van der Waals surface area contributed by atoms with Crippen LogP contribution in [-0.2, 0) is 11.8 Å². The second-order valence-corrected chi connectivity index (χ2v) is 6.37. The Bertz CT molecular complexity index is 490. The first kappa shape index (κ1) is 15.7. The second-order valence-electron chi connectivity index (χ2n) is 6.37. The van der Waals surface area contributed by atoms with Crippen LogP contribution >= 0.6 is 12.4 Å². The molecule has 1 aliphatic heterocycles. The summed E-state index contributed by atoms with van der Waals surface area (Å²) in [6.07, 6.45) is 4.79. The zero-order valence-electron chi connectivity index (χ0n) is 12.7. The van der Waals surface area contributed by atoms with E-state index < -0.39 is 0 Å². The molecule has 1 heterocycles. The van der Waals surface area contributed by atoms with Gasteiger partial charge in [0.05, 0.1) is 0 Å². The summed E-state index contributed by atoms with van der Waals surface area (Å²) in [6, 6.07) is 6.72. The molecule has 1 saturated heterocycles. The molecule has 3 rings (SSSR count). The van der Waals surface area contributed by atoms with Crippen LogP contribution in [0.25, 0.3) is 0 Å². The fourth-order valence-corrected chi connectivity index (χ4v) is 4.76. The highest BCUT2D eigenvalue weighted by Crippen LogP contribution is 2.52. The van der Waals surface area contributed by atoms with Gasteiger partial charge in [-0.15, -0.1) is 12.4 Å². The molecule has 0 spiro atoms. The summed E-state index contributed by atoms with van der Waals surface area (Å²) in [6.45, 7) is 5.84. The van der Waals surface area contributed by atoms with E-state index in [0.717, 1.165) is 12.3 Å². The minimum atomic E-state index is 0. The van der Waals surface area contributed by atoms with Crippen LogP contribution in [0.15, 0.2) is 18.2 Å². The third kappa shape index (κ3) is 2.05. The molecule has 0 aromatic heterocycles. The normalized spacial score (nSPS) is 32.4. The van der Waals surface area contributed by atoms with E-state index >= 15 is 0 Å². The molecule has 2 aliphatic rings. The standard InChI is InChI=1S/C17H25NO.ClH/c1-4-14-16-10-12-6-7-13(19)11-15(12)17(14,5-2)8-9-18(16)3;/h6-7,11,14,16,19H,4-5,8-10H2,1-3H3;1H/t14-,16-,17+;/m0./s1. The van der Waals surface area contributed by atoms with Crippen molar-refractivity contribution >= 4 is 12.4 Å². The SMILES string of the molecule is CC[C@H]1[C@@H]2Cc3ccc(O)cc3[C@]1(CC)CCN2C.Cl. The van der Waals surface area contributed by atoms with E-state index in [1.165, 1.54) is 36.9 Å². The lowest BCUT2D eigenvalue weighted by Gasteiger charge is -2.56. The Hall–Kier alpha value is -0.730. The molecule has 1 N–H and O–H groups in total. The maximum absolute atomic E-state index is 9.90. The molecule has 112 valence electrons. The molecule has 0 unspecified atom stereocenters. The van der Waals surface area contributed by atoms with Gasteiger partial charge in [-0.25, -0.2) is 0 Å². The van der Waals surface area contributed by atoms with E-state index in [2.05, 4.69) is 31.9 Å². The minimum Gasteiger partial charge on any atom is -0.508 e. The molecule has 1 aromatic rings. The van der Waals surface area contributed by atoms with E-state index in [1.807, 2.05) is 12.1 Å². The van der Waals surface area contributed by atoms with Gasteiger partial charge in [-0.1, -0.05) is 26.3 Å². The van der Waals surface area contributed by atoms with Crippen LogP contribution in [0.2, 0.25) is 0 Å². The van der Waals surface area contributed by atoms with Crippen molar-refractivity contribution in [2.45, 2.75) is 51.0 Å². The summed E-state index contributed by atoms with van der Waals surface area (Å²) in [5, 5.41) is 9.90. The third-order valence-corrected chi connectivity index (χ3v) is 5.78. The van der Waals surface area contributed by atoms with Crippen molar-refractivity contribution < 1.29 is 5.11 Å². The average Bonchev–Trinajstić information content (AvgIpc) is 2.42. The number of fused-ring (bicyclic) bond motifs is 4. The van der Waals surface area contributed by atoms with Crippen LogP contribution < -0.4 is 0 Å². The van der Waals surface area contributed by atoms with Crippen molar-refractivity contribution in [2.24, 2.45) is 5.92 Å². The average molecular weight is 296 g/mol. The number of halogens is 1. The van der Waals surface area contributed by atoms with Gasteiger partial charge in [0.1, 0.15) is 5.75 Å². The topological polar surface area (TPSA) is 23.5 Å². The van der Waals surface area contributed by atoms with Crippen molar-refractivity contribution in [3.63, 3.8) is 0 Å². The van der Waals surface area contributed by atoms with Gasteiger partial charge < -0.3 is 10.0 Å². The Balaban J connectivity index is 0.00000147. The van der Waals surface area contributed by atoms with Crippen molar-refractivity contribution in [3.05, 3.63) is 29.3 Å². The van der Waals surface area contributed by atoms with E-state index in [9.17, 15) is 5.11 Å². The summed E-state index contributed by atoms with van der Waals surface area (Å²) in [7, 11) is 2.28. The van der Waals surface area contributed by atoms with Gasteiger partial charge in [0.2, 0.25) is 0 Å². The summed E-state index contributed by atoms with van der Waals surface area (Å²) < 4.78 is 0. The number of hydrogen-bond donors (Lipinski definition) is 1. The molecule has 0 saturated carbocycles. The number of phenols is 1. The smallest absolute Gasteiger partial charge is 0.115 e. The van der Waals surface area contributed by atoms with E-state index in [0.29, 0.717) is 11.8 Å². The summed E-state index contributed by atoms with van der Waals surface area (Å²) in [5.41, 5.74) is 3.19. The molecule has 1 aliphatic carbocycles. The third-order valence-electron chi connectivity index (χ3n) is 5.78. The van der Waals surface area contributed by atoms with Gasteiger partial charge in [-0.05, 0) is 62.0 Å². The minimum absolute atomic E-state index is 0. The number of likely N-dealkylation sites (N-methyl/N-ethyl adjacent to an activating group) is 1. The molecule has 2 bridgehead atoms. The predicted molar refractivity (Wildman–Crippen MR) is 85.8 cm³/mol. The Kier molecular flexibility index (Phi) is 4.36. The number of rotatable bonds is 2. The van der Waals surface area contributed by atoms with Crippen LogP contribution in [-0.4, -0.2) is 29.6 Å². The van der Waals surface area contributed by atoms with Crippen molar-refractivity contribution in [1.29, 1.82) is 0 Å². The van der Waals surface area contributed by atoms with Crippen LogP contribution in [0, 0.1) is 5.92 Å². The maximum Gasteiger partial charge on any atom is 0.115 e. The number of phenolic OH excluding ortho intramolecular Hbond substituents is 1. The molecular formula is C17H26ClNO. The van der Waals surface area contributed by atoms with Gasteiger partial charge in [-0.3, -0.25) is 0 Å². The lowest BCUT2D eigenvalue weighted by molar-refractivity contribution is 0.0257. The Morgan fingerprint density at radius 1 is 1.35 bits per heavy atom. The molecule has 1 fully saturated rings. The largest absolute Gasteiger partial charge is 0.508 e. The monoisotopic (exact) mass is 295 g/mol. The van der Waals surface area contributed by atoms with Crippen molar-refractivity contribution in [2.75, 3.05) is 13.6 Å². The molecular weight excluding hydrogens is 270 g/mol. The van der Waals surface area contributed by atoms with Crippen LogP contribution in [0.1, 0.15) is 44.2 Å². The highest BCUT2D eigenvalue weighted by Gasteiger charge is 2.50. The molecule has 1 aromatic carbocycles. The fraction of sp³-hybridized carbons (Fsp3) is 0.647. The summed E-state index contributed by atoms with van der Waals surface area (Å²) >= 11 is 0. The first-order chi connectivity index (χ1) is 9.12. The highest BCUT2D eigenvalue weighted by atomic mass is 35.5. The Morgan fingerprint density at radius 2 is 2.10 bits per heavy atom. The number of aromatic hydroxyl groups is 1. The Morgan fingerprint density at radius 3 is 2.75 bits per heavy atom. The van der Waals surface area contributed by atoms with E-state index in [-0.39, 0.29) is 17.8 Å². The van der Waals surface area contributed by atoms with Gasteiger partial charge in [0, 0.05) is 11.5 Å². The van der Waals surface area contributed by atoms with Crippen LogP contribution in [0.4, 0.5) is 0 Å². The lowest BCUT2D eigenvalue weighted by Crippen LogP contribution is -2.58. The fourth-order valence-electron chi connectivity index (χ4n) is 4.76. The zero-order valence-corrected chi connectivity index (χ0v) is 13.5. The first-order valence-corrected chi connectivity index (χ1v) is 7.65. The quantitative estimate of drug-likeness (QED) is 0.898. The molecule has 3 atom stereocenters. The lowest BCUT2D eigenvalue weighted by atomic mass is 9.55. The summed E-state index contributed by atoms with van der Waals surface area (Å²) in [4.78, 5) is 2.55. The van der Waals surface area contributed by atoms with Crippen LogP contribution in [0.5, 0.6) is 5.75 Å².